The Hall–Kier alpha value is -3.81. The van der Waals surface area contributed by atoms with Crippen LogP contribution in [0.1, 0.15) is 46.7 Å². The third-order valence-corrected chi connectivity index (χ3v) is 7.37. The molecule has 2 aliphatic rings. The van der Waals surface area contributed by atoms with E-state index < -0.39 is 0 Å². The number of piperidine rings is 1. The summed E-state index contributed by atoms with van der Waals surface area (Å²) >= 11 is 0. The monoisotopic (exact) mass is 487 g/mol. The number of halogens is 1. The maximum absolute atomic E-state index is 13.9. The smallest absolute Gasteiger partial charge is 0.254 e. The molecule has 2 fully saturated rings. The fraction of sp³-hybridized carbons (Fsp3) is 0.357. The summed E-state index contributed by atoms with van der Waals surface area (Å²) in [5.41, 5.74) is 2.84. The molecule has 1 atom stereocenters. The van der Waals surface area contributed by atoms with Gasteiger partial charge >= 0.3 is 0 Å². The van der Waals surface area contributed by atoms with E-state index in [4.69, 9.17) is 0 Å². The van der Waals surface area contributed by atoms with Crippen LogP contribution in [0.4, 0.5) is 15.9 Å². The minimum absolute atomic E-state index is 0.0219. The fourth-order valence-electron chi connectivity index (χ4n) is 5.15. The first-order chi connectivity index (χ1) is 17.5. The van der Waals surface area contributed by atoms with Gasteiger partial charge in [0.25, 0.3) is 5.91 Å². The zero-order valence-electron chi connectivity index (χ0n) is 20.4. The van der Waals surface area contributed by atoms with Crippen LogP contribution in [0, 0.1) is 18.7 Å². The van der Waals surface area contributed by atoms with Crippen molar-refractivity contribution in [2.75, 3.05) is 36.4 Å². The molecule has 2 aliphatic heterocycles. The Kier molecular flexibility index (Phi) is 6.93. The summed E-state index contributed by atoms with van der Waals surface area (Å²) in [6.45, 7) is 4.35. The quantitative estimate of drug-likeness (QED) is 0.577. The van der Waals surface area contributed by atoms with Gasteiger partial charge in [0.15, 0.2) is 5.82 Å². The molecule has 1 unspecified atom stereocenters. The predicted molar refractivity (Wildman–Crippen MR) is 136 cm³/mol. The first-order valence-corrected chi connectivity index (χ1v) is 12.5. The molecule has 7 nitrogen and oxygen atoms in total. The lowest BCUT2D eigenvalue weighted by molar-refractivity contribution is -0.119. The maximum Gasteiger partial charge on any atom is 0.254 e. The molecule has 0 aliphatic carbocycles. The number of nitrogens with zero attached hydrogens (tertiary/aromatic N) is 4. The standard InChI is InChI=1S/C28H30FN5O2/c1-19-24(4-2-5-25(19)29)28(36)33-15-11-21(12-16-33)20-7-9-23(10-8-20)31-27(35)22-13-17-34(18-22)26-6-3-14-30-32-26/h2-10,14,21-22H,11-13,15-18H2,1H3,(H,31,35). The molecule has 8 heteroatoms. The predicted octanol–water partition coefficient (Wildman–Crippen LogP) is 4.41. The molecule has 36 heavy (non-hydrogen) atoms. The molecular formula is C28H30FN5O2. The van der Waals surface area contributed by atoms with E-state index in [1.807, 2.05) is 29.2 Å². The van der Waals surface area contributed by atoms with Gasteiger partial charge in [0.05, 0.1) is 5.92 Å². The molecule has 1 N–H and O–H groups in total. The zero-order valence-corrected chi connectivity index (χ0v) is 20.4. The van der Waals surface area contributed by atoms with Crippen molar-refractivity contribution in [3.63, 3.8) is 0 Å². The first kappa shape index (κ1) is 23.9. The molecule has 2 saturated heterocycles. The van der Waals surface area contributed by atoms with Crippen molar-refractivity contribution >= 4 is 23.3 Å². The lowest BCUT2D eigenvalue weighted by Gasteiger charge is -2.32. The number of hydrogen-bond donors (Lipinski definition) is 1. The summed E-state index contributed by atoms with van der Waals surface area (Å²) < 4.78 is 13.9. The Morgan fingerprint density at radius 3 is 2.47 bits per heavy atom. The summed E-state index contributed by atoms with van der Waals surface area (Å²) in [7, 11) is 0. The number of hydrogen-bond acceptors (Lipinski definition) is 5. The van der Waals surface area contributed by atoms with E-state index in [9.17, 15) is 14.0 Å². The molecule has 0 radical (unpaired) electrons. The van der Waals surface area contributed by atoms with E-state index >= 15 is 0 Å². The van der Waals surface area contributed by atoms with Crippen molar-refractivity contribution in [1.82, 2.24) is 15.1 Å². The van der Waals surface area contributed by atoms with Crippen molar-refractivity contribution in [3.8, 4) is 0 Å². The number of nitrogens with one attached hydrogen (secondary N) is 1. The average Bonchev–Trinajstić information content (AvgIpc) is 3.42. The van der Waals surface area contributed by atoms with Gasteiger partial charge in [-0.1, -0.05) is 18.2 Å². The molecule has 1 aromatic heterocycles. The highest BCUT2D eigenvalue weighted by Gasteiger charge is 2.29. The third kappa shape index (κ3) is 5.08. The molecule has 3 heterocycles. The molecule has 3 aromatic rings. The Morgan fingerprint density at radius 1 is 0.972 bits per heavy atom. The summed E-state index contributed by atoms with van der Waals surface area (Å²) in [6, 6.07) is 16.5. The molecule has 2 aromatic carbocycles. The van der Waals surface area contributed by atoms with Crippen LogP contribution in [0.2, 0.25) is 0 Å². The Labute approximate surface area is 210 Å². The van der Waals surface area contributed by atoms with Crippen LogP contribution in [0.3, 0.4) is 0 Å². The molecule has 0 spiro atoms. The van der Waals surface area contributed by atoms with Gasteiger partial charge in [0.2, 0.25) is 5.91 Å². The Morgan fingerprint density at radius 2 is 1.75 bits per heavy atom. The number of benzene rings is 2. The zero-order chi connectivity index (χ0) is 25.1. The number of anilines is 2. The maximum atomic E-state index is 13.9. The molecule has 0 bridgehead atoms. The second-order valence-electron chi connectivity index (χ2n) is 9.60. The van der Waals surface area contributed by atoms with Crippen LogP contribution in [-0.4, -0.2) is 53.1 Å². The van der Waals surface area contributed by atoms with E-state index in [0.29, 0.717) is 36.7 Å². The highest BCUT2D eigenvalue weighted by atomic mass is 19.1. The lowest BCUT2D eigenvalue weighted by Crippen LogP contribution is -2.38. The van der Waals surface area contributed by atoms with Gasteiger partial charge in [0, 0.05) is 43.6 Å². The van der Waals surface area contributed by atoms with Crippen LogP contribution in [0.15, 0.2) is 60.8 Å². The van der Waals surface area contributed by atoms with Gasteiger partial charge in [-0.05, 0) is 79.6 Å². The highest BCUT2D eigenvalue weighted by Crippen LogP contribution is 2.30. The number of likely N-dealkylation sites (tertiary alicyclic amines) is 1. The van der Waals surface area contributed by atoms with Gasteiger partial charge in [-0.25, -0.2) is 4.39 Å². The van der Waals surface area contributed by atoms with Crippen LogP contribution < -0.4 is 10.2 Å². The van der Waals surface area contributed by atoms with E-state index in [2.05, 4.69) is 32.5 Å². The fourth-order valence-corrected chi connectivity index (χ4v) is 5.15. The number of amides is 2. The summed E-state index contributed by atoms with van der Waals surface area (Å²) in [6.07, 6.45) is 4.13. The van der Waals surface area contributed by atoms with Crippen molar-refractivity contribution in [3.05, 3.63) is 83.3 Å². The van der Waals surface area contributed by atoms with Crippen LogP contribution in [0.25, 0.3) is 0 Å². The topological polar surface area (TPSA) is 78.4 Å². The first-order valence-electron chi connectivity index (χ1n) is 12.5. The largest absolute Gasteiger partial charge is 0.354 e. The normalized spacial score (nSPS) is 18.3. The third-order valence-electron chi connectivity index (χ3n) is 7.37. The summed E-state index contributed by atoms with van der Waals surface area (Å²) in [5, 5.41) is 11.1. The van der Waals surface area contributed by atoms with Crippen LogP contribution in [-0.2, 0) is 4.79 Å². The van der Waals surface area contributed by atoms with Crippen molar-refractivity contribution in [1.29, 1.82) is 0 Å². The average molecular weight is 488 g/mol. The molecule has 2 amide bonds. The molecule has 5 rings (SSSR count). The summed E-state index contributed by atoms with van der Waals surface area (Å²) in [4.78, 5) is 29.6. The second-order valence-corrected chi connectivity index (χ2v) is 9.60. The highest BCUT2D eigenvalue weighted by molar-refractivity contribution is 5.95. The van der Waals surface area contributed by atoms with Gasteiger partial charge in [-0.2, -0.15) is 5.10 Å². The minimum atomic E-state index is -0.348. The molecule has 0 saturated carbocycles. The SMILES string of the molecule is Cc1c(F)cccc1C(=O)N1CCC(c2ccc(NC(=O)C3CCN(c4cccnn4)C3)cc2)CC1. The minimum Gasteiger partial charge on any atom is -0.354 e. The van der Waals surface area contributed by atoms with Gasteiger partial charge in [0.1, 0.15) is 5.82 Å². The molecular weight excluding hydrogens is 457 g/mol. The lowest BCUT2D eigenvalue weighted by atomic mass is 9.89. The van der Waals surface area contributed by atoms with E-state index in [1.165, 1.54) is 11.6 Å². The van der Waals surface area contributed by atoms with Crippen molar-refractivity contribution in [2.24, 2.45) is 5.92 Å². The number of aromatic nitrogens is 2. The van der Waals surface area contributed by atoms with Crippen molar-refractivity contribution < 1.29 is 14.0 Å². The van der Waals surface area contributed by atoms with E-state index in [-0.39, 0.29) is 23.5 Å². The van der Waals surface area contributed by atoms with Crippen molar-refractivity contribution in [2.45, 2.75) is 32.1 Å². The molecule has 186 valence electrons. The Balaban J connectivity index is 1.13. The number of carbonyl (C=O) groups is 2. The van der Waals surface area contributed by atoms with E-state index in [0.717, 1.165) is 37.3 Å². The van der Waals surface area contributed by atoms with Gasteiger partial charge < -0.3 is 15.1 Å². The number of rotatable bonds is 5. The second kappa shape index (κ2) is 10.4. The summed E-state index contributed by atoms with van der Waals surface area (Å²) in [5.74, 6) is 0.634. The van der Waals surface area contributed by atoms with Gasteiger partial charge in [-0.15, -0.1) is 5.10 Å². The van der Waals surface area contributed by atoms with E-state index in [1.54, 1.807) is 25.3 Å². The van der Waals surface area contributed by atoms with Crippen LogP contribution in [0.5, 0.6) is 0 Å². The Bertz CT molecular complexity index is 1230. The number of carbonyl (C=O) groups excluding carboxylic acids is 2. The van der Waals surface area contributed by atoms with Crippen LogP contribution >= 0.6 is 0 Å². The van der Waals surface area contributed by atoms with Gasteiger partial charge in [-0.3, -0.25) is 9.59 Å².